The van der Waals surface area contributed by atoms with Crippen LogP contribution in [0.5, 0.6) is 0 Å². The molecule has 0 aliphatic carbocycles. The third kappa shape index (κ3) is 2.55. The third-order valence-corrected chi connectivity index (χ3v) is 3.77. The fourth-order valence-electron chi connectivity index (χ4n) is 2.67. The minimum absolute atomic E-state index is 0.134. The fourth-order valence-corrected chi connectivity index (χ4v) is 2.67. The highest BCUT2D eigenvalue weighted by Gasteiger charge is 2.23. The maximum absolute atomic E-state index is 13.4. The lowest BCUT2D eigenvalue weighted by Gasteiger charge is -2.25. The highest BCUT2D eigenvalue weighted by atomic mass is 19.1. The van der Waals surface area contributed by atoms with Crippen molar-refractivity contribution in [3.8, 4) is 0 Å². The molecule has 2 unspecified atom stereocenters. The molecule has 1 aromatic carbocycles. The van der Waals surface area contributed by atoms with E-state index in [1.54, 1.807) is 6.07 Å². The monoisotopic (exact) mass is 278 g/mol. The molecule has 0 bridgehead atoms. The Morgan fingerprint density at radius 2 is 2.10 bits per heavy atom. The summed E-state index contributed by atoms with van der Waals surface area (Å²) >= 11 is 0. The van der Waals surface area contributed by atoms with Crippen LogP contribution in [-0.4, -0.2) is 35.1 Å². The molecule has 1 heterocycles. The van der Waals surface area contributed by atoms with Crippen LogP contribution in [0.1, 0.15) is 38.2 Å². The van der Waals surface area contributed by atoms with Gasteiger partial charge < -0.3 is 10.3 Å². The molecule has 20 heavy (non-hydrogen) atoms. The maximum atomic E-state index is 13.4. The van der Waals surface area contributed by atoms with Gasteiger partial charge in [0.05, 0.1) is 17.1 Å². The molecule has 0 radical (unpaired) electrons. The Bertz CT molecular complexity index is 591. The number of hydrogen-bond acceptors (Lipinski definition) is 3. The summed E-state index contributed by atoms with van der Waals surface area (Å²) in [5.74, 6) is 0.697. The molecule has 2 atom stereocenters. The van der Waals surface area contributed by atoms with Gasteiger partial charge in [0.1, 0.15) is 11.6 Å². The number of hydrogen-bond donors (Lipinski definition) is 1. The van der Waals surface area contributed by atoms with Gasteiger partial charge in [0, 0.05) is 18.7 Å². The van der Waals surface area contributed by atoms with Crippen LogP contribution in [0.25, 0.3) is 11.0 Å². The van der Waals surface area contributed by atoms with Crippen LogP contribution >= 0.6 is 0 Å². The topological polar surface area (TPSA) is 47.1 Å². The maximum Gasteiger partial charge on any atom is 0.127 e. The predicted octanol–water partition coefficient (Wildman–Crippen LogP) is 2.71. The van der Waals surface area contributed by atoms with Crippen molar-refractivity contribution in [2.45, 2.75) is 32.4 Å². The summed E-state index contributed by atoms with van der Waals surface area (Å²) in [4.78, 5) is 6.80. The number of fused-ring (bicyclic) bond motifs is 1. The molecule has 110 valence electrons. The van der Waals surface area contributed by atoms with Crippen molar-refractivity contribution >= 4 is 11.0 Å². The summed E-state index contributed by atoms with van der Waals surface area (Å²) in [6.07, 6.45) is 0.941. The average molecular weight is 278 g/mol. The molecule has 0 aliphatic rings. The molecule has 0 spiro atoms. The van der Waals surface area contributed by atoms with Gasteiger partial charge in [-0.15, -0.1) is 0 Å². The van der Waals surface area contributed by atoms with Crippen LogP contribution in [0.15, 0.2) is 18.2 Å². The van der Waals surface area contributed by atoms with E-state index in [0.717, 1.165) is 17.8 Å². The highest BCUT2D eigenvalue weighted by Crippen LogP contribution is 2.29. The standard InChI is InChI=1S/C15H23FN4/c1-5-13(19(3)4)15-18-12-8-11(16)6-7-14(12)20(15)10(2)9-17/h6-8,10,13H,5,9,17H2,1-4H3. The Kier molecular flexibility index (Phi) is 4.40. The quantitative estimate of drug-likeness (QED) is 0.914. The van der Waals surface area contributed by atoms with Gasteiger partial charge in [-0.05, 0) is 39.6 Å². The van der Waals surface area contributed by atoms with E-state index in [0.29, 0.717) is 12.1 Å². The largest absolute Gasteiger partial charge is 0.328 e. The Morgan fingerprint density at radius 1 is 1.40 bits per heavy atom. The van der Waals surface area contributed by atoms with Crippen molar-refractivity contribution < 1.29 is 4.39 Å². The zero-order chi connectivity index (χ0) is 14.9. The van der Waals surface area contributed by atoms with Gasteiger partial charge in [-0.3, -0.25) is 4.90 Å². The van der Waals surface area contributed by atoms with Crippen molar-refractivity contribution in [3.63, 3.8) is 0 Å². The number of halogens is 1. The lowest BCUT2D eigenvalue weighted by atomic mass is 10.2. The Labute approximate surface area is 119 Å². The van der Waals surface area contributed by atoms with Gasteiger partial charge in [0.15, 0.2) is 0 Å². The molecule has 0 aliphatic heterocycles. The van der Waals surface area contributed by atoms with Crippen LogP contribution in [0.4, 0.5) is 4.39 Å². The van der Waals surface area contributed by atoms with Crippen molar-refractivity contribution in [1.82, 2.24) is 14.5 Å². The summed E-state index contributed by atoms with van der Waals surface area (Å²) in [6, 6.07) is 5.08. The normalized spacial score (nSPS) is 14.9. The molecule has 2 N–H and O–H groups in total. The molecule has 0 saturated carbocycles. The molecule has 4 nitrogen and oxygen atoms in total. The first-order valence-electron chi connectivity index (χ1n) is 7.03. The molecule has 1 aromatic heterocycles. The minimum Gasteiger partial charge on any atom is -0.328 e. The van der Waals surface area contributed by atoms with Gasteiger partial charge in [0.2, 0.25) is 0 Å². The van der Waals surface area contributed by atoms with E-state index in [4.69, 9.17) is 5.73 Å². The van der Waals surface area contributed by atoms with Crippen LogP contribution in [-0.2, 0) is 0 Å². The first-order valence-corrected chi connectivity index (χ1v) is 7.03. The zero-order valence-corrected chi connectivity index (χ0v) is 12.6. The molecule has 0 saturated heterocycles. The lowest BCUT2D eigenvalue weighted by molar-refractivity contribution is 0.270. The summed E-state index contributed by atoms with van der Waals surface area (Å²) in [7, 11) is 4.07. The van der Waals surface area contributed by atoms with Gasteiger partial charge in [-0.25, -0.2) is 9.37 Å². The Morgan fingerprint density at radius 3 is 2.65 bits per heavy atom. The number of nitrogens with zero attached hydrogens (tertiary/aromatic N) is 3. The fraction of sp³-hybridized carbons (Fsp3) is 0.533. The second kappa shape index (κ2) is 5.89. The molecule has 2 aromatic rings. The Hall–Kier alpha value is -1.46. The second-order valence-electron chi connectivity index (χ2n) is 5.45. The minimum atomic E-state index is -0.257. The van der Waals surface area contributed by atoms with Gasteiger partial charge in [0.25, 0.3) is 0 Å². The summed E-state index contributed by atoms with van der Waals surface area (Å²) in [5.41, 5.74) is 7.47. The van der Waals surface area contributed by atoms with Crippen LogP contribution < -0.4 is 5.73 Å². The van der Waals surface area contributed by atoms with Crippen LogP contribution in [0, 0.1) is 5.82 Å². The second-order valence-corrected chi connectivity index (χ2v) is 5.45. The number of aromatic nitrogens is 2. The van der Waals surface area contributed by atoms with Gasteiger partial charge in [-0.1, -0.05) is 6.92 Å². The highest BCUT2D eigenvalue weighted by molar-refractivity contribution is 5.76. The smallest absolute Gasteiger partial charge is 0.127 e. The van der Waals surface area contributed by atoms with Gasteiger partial charge in [-0.2, -0.15) is 0 Å². The lowest BCUT2D eigenvalue weighted by Crippen LogP contribution is -2.26. The van der Waals surface area contributed by atoms with Crippen molar-refractivity contribution in [2.75, 3.05) is 20.6 Å². The van der Waals surface area contributed by atoms with E-state index in [9.17, 15) is 4.39 Å². The number of imidazole rings is 1. The van der Waals surface area contributed by atoms with E-state index in [1.807, 2.05) is 14.1 Å². The van der Waals surface area contributed by atoms with E-state index < -0.39 is 0 Å². The van der Waals surface area contributed by atoms with Gasteiger partial charge >= 0.3 is 0 Å². The molecular weight excluding hydrogens is 255 g/mol. The molecule has 0 amide bonds. The first kappa shape index (κ1) is 14.9. The summed E-state index contributed by atoms with van der Waals surface area (Å²) in [5, 5.41) is 0. The van der Waals surface area contributed by atoms with Crippen LogP contribution in [0.3, 0.4) is 0 Å². The van der Waals surface area contributed by atoms with E-state index in [-0.39, 0.29) is 17.9 Å². The van der Waals surface area contributed by atoms with E-state index in [2.05, 4.69) is 28.3 Å². The molecule has 2 rings (SSSR count). The van der Waals surface area contributed by atoms with E-state index >= 15 is 0 Å². The van der Waals surface area contributed by atoms with Crippen molar-refractivity contribution in [3.05, 3.63) is 29.8 Å². The van der Waals surface area contributed by atoms with Crippen LogP contribution in [0.2, 0.25) is 0 Å². The number of benzene rings is 1. The molecule has 5 heteroatoms. The Balaban J connectivity index is 2.68. The number of rotatable bonds is 5. The summed E-state index contributed by atoms with van der Waals surface area (Å²) in [6.45, 7) is 4.72. The SMILES string of the molecule is CCC(c1nc2cc(F)ccc2n1C(C)CN)N(C)C. The van der Waals surface area contributed by atoms with E-state index in [1.165, 1.54) is 12.1 Å². The predicted molar refractivity (Wildman–Crippen MR) is 80.2 cm³/mol. The third-order valence-electron chi connectivity index (χ3n) is 3.77. The molecule has 0 fully saturated rings. The number of nitrogens with two attached hydrogens (primary N) is 1. The zero-order valence-electron chi connectivity index (χ0n) is 12.6. The van der Waals surface area contributed by atoms with Crippen molar-refractivity contribution in [2.24, 2.45) is 5.73 Å². The molecular formula is C15H23FN4. The van der Waals surface area contributed by atoms with Crippen molar-refractivity contribution in [1.29, 1.82) is 0 Å². The summed E-state index contributed by atoms with van der Waals surface area (Å²) < 4.78 is 15.6. The first-order chi connectivity index (χ1) is 9.49. The average Bonchev–Trinajstić information content (AvgIpc) is 2.76.